The summed E-state index contributed by atoms with van der Waals surface area (Å²) in [5.41, 5.74) is 0. The van der Waals surface area contributed by atoms with Gasteiger partial charge in [0, 0.05) is 26.2 Å². The van der Waals surface area contributed by atoms with E-state index in [1.165, 1.54) is 232 Å². The number of piperazine rings is 1. The minimum absolute atomic E-state index is 1.12. The van der Waals surface area contributed by atoms with Crippen LogP contribution in [0, 0.1) is 0 Å². The third-order valence-corrected chi connectivity index (χ3v) is 10.7. The molecule has 0 spiro atoms. The van der Waals surface area contributed by atoms with Crippen LogP contribution >= 0.6 is 0 Å². The first-order valence-corrected chi connectivity index (χ1v) is 23.3. The average Bonchev–Trinajstić information content (AvgIpc) is 3.16. The van der Waals surface area contributed by atoms with E-state index in [-0.39, 0.29) is 0 Å². The van der Waals surface area contributed by atoms with Crippen LogP contribution in [0.4, 0.5) is 0 Å². The van der Waals surface area contributed by atoms with E-state index in [9.17, 15) is 0 Å². The number of hydrogen-bond acceptors (Lipinski definition) is 4. The summed E-state index contributed by atoms with van der Waals surface area (Å²) in [6, 6.07) is 0. The van der Waals surface area contributed by atoms with Crippen LogP contribution < -0.4 is 10.6 Å². The Kier molecular flexibility index (Phi) is 39.9. The van der Waals surface area contributed by atoms with Gasteiger partial charge >= 0.3 is 0 Å². The van der Waals surface area contributed by atoms with E-state index in [4.69, 9.17) is 0 Å². The first-order valence-electron chi connectivity index (χ1n) is 23.3. The molecule has 0 aliphatic carbocycles. The molecule has 52 heavy (non-hydrogen) atoms. The lowest BCUT2D eigenvalue weighted by Crippen LogP contribution is -2.46. The third kappa shape index (κ3) is 37.1. The number of unbranched alkanes of at least 4 members (excludes halogenated alkanes) is 20. The highest BCUT2D eigenvalue weighted by molar-refractivity contribution is 4.93. The van der Waals surface area contributed by atoms with E-state index in [0.29, 0.717) is 0 Å². The van der Waals surface area contributed by atoms with Crippen molar-refractivity contribution in [1.29, 1.82) is 0 Å². The van der Waals surface area contributed by atoms with Crippen LogP contribution in [0.1, 0.15) is 194 Å². The summed E-state index contributed by atoms with van der Waals surface area (Å²) >= 11 is 0. The molecule has 1 rings (SSSR count). The lowest BCUT2D eigenvalue weighted by molar-refractivity contribution is 0.129. The van der Waals surface area contributed by atoms with E-state index < -0.39 is 0 Å². The smallest absolute Gasteiger partial charge is 0.0110 e. The lowest BCUT2D eigenvalue weighted by Gasteiger charge is -2.34. The molecule has 304 valence electrons. The largest absolute Gasteiger partial charge is 0.317 e. The fourth-order valence-corrected chi connectivity index (χ4v) is 7.13. The van der Waals surface area contributed by atoms with Crippen molar-refractivity contribution >= 4 is 0 Å². The van der Waals surface area contributed by atoms with Crippen LogP contribution in [0.2, 0.25) is 0 Å². The fourth-order valence-electron chi connectivity index (χ4n) is 7.13. The minimum atomic E-state index is 1.12. The zero-order chi connectivity index (χ0) is 37.1. The quantitative estimate of drug-likeness (QED) is 0.0486. The summed E-state index contributed by atoms with van der Waals surface area (Å²) in [4.78, 5) is 5.40. The summed E-state index contributed by atoms with van der Waals surface area (Å²) in [6.45, 7) is 17.0. The van der Waals surface area contributed by atoms with E-state index in [2.05, 4.69) is 82.9 Å². The van der Waals surface area contributed by atoms with Gasteiger partial charge in [0.15, 0.2) is 0 Å². The number of nitrogens with zero attached hydrogens (tertiary/aromatic N) is 2. The van der Waals surface area contributed by atoms with Gasteiger partial charge in [-0.15, -0.1) is 0 Å². The Morgan fingerprint density at radius 1 is 0.327 bits per heavy atom. The van der Waals surface area contributed by atoms with E-state index >= 15 is 0 Å². The molecule has 0 aromatic carbocycles. The molecular weight excluding hydrogens is 633 g/mol. The van der Waals surface area contributed by atoms with Gasteiger partial charge in [0.05, 0.1) is 0 Å². The minimum Gasteiger partial charge on any atom is -0.317 e. The molecular formula is C48H92N4. The SMILES string of the molecule is CCCCC/C=C\C/C=C\CCCCCCCCNCCCCN1CCN(CCCCNCCCCCCCC/C=C\C/C=C\CCCCC)CC1. The maximum absolute atomic E-state index is 3.70. The molecule has 0 radical (unpaired) electrons. The lowest BCUT2D eigenvalue weighted by atomic mass is 10.1. The molecule has 1 aliphatic heterocycles. The van der Waals surface area contributed by atoms with Crippen molar-refractivity contribution in [2.24, 2.45) is 0 Å². The first kappa shape index (κ1) is 48.8. The molecule has 1 aliphatic rings. The topological polar surface area (TPSA) is 30.5 Å². The summed E-state index contributed by atoms with van der Waals surface area (Å²) in [7, 11) is 0. The molecule has 4 heteroatoms. The van der Waals surface area contributed by atoms with E-state index in [0.717, 1.165) is 12.8 Å². The summed E-state index contributed by atoms with van der Waals surface area (Å²) in [5, 5.41) is 7.40. The molecule has 0 bridgehead atoms. The molecule has 4 nitrogen and oxygen atoms in total. The van der Waals surface area contributed by atoms with Gasteiger partial charge in [-0.1, -0.05) is 140 Å². The Hall–Kier alpha value is -1.20. The highest BCUT2D eigenvalue weighted by Gasteiger charge is 2.15. The number of nitrogens with one attached hydrogen (secondary N) is 2. The van der Waals surface area contributed by atoms with Crippen LogP contribution in [-0.4, -0.2) is 75.2 Å². The maximum Gasteiger partial charge on any atom is 0.0110 e. The van der Waals surface area contributed by atoms with Crippen molar-refractivity contribution in [2.45, 2.75) is 194 Å². The maximum atomic E-state index is 3.70. The standard InChI is InChI=1S/C48H92N4/c1-3-5-7-9-11-13-15-17-19-21-23-25-27-29-31-33-39-49-41-35-37-43-51-45-47-52(48-46-51)44-38-36-42-50-40-34-32-30-28-26-24-22-20-18-16-14-12-10-8-6-4-2/h11-14,17-20,49-50H,3-10,15-16,21-48H2,1-2H3/b13-11-,14-12-,19-17-,20-18-. The van der Waals surface area contributed by atoms with Crippen molar-refractivity contribution in [3.8, 4) is 0 Å². The zero-order valence-electron chi connectivity index (χ0n) is 35.4. The van der Waals surface area contributed by atoms with Gasteiger partial charge in [-0.05, 0) is 142 Å². The van der Waals surface area contributed by atoms with Crippen LogP contribution in [0.5, 0.6) is 0 Å². The average molecular weight is 725 g/mol. The number of rotatable bonds is 40. The van der Waals surface area contributed by atoms with E-state index in [1.807, 2.05) is 0 Å². The Morgan fingerprint density at radius 2 is 0.615 bits per heavy atom. The molecule has 1 fully saturated rings. The van der Waals surface area contributed by atoms with Gasteiger partial charge < -0.3 is 20.4 Å². The van der Waals surface area contributed by atoms with Crippen LogP contribution in [0.3, 0.4) is 0 Å². The summed E-state index contributed by atoms with van der Waals surface area (Å²) < 4.78 is 0. The highest BCUT2D eigenvalue weighted by atomic mass is 15.3. The van der Waals surface area contributed by atoms with Crippen molar-refractivity contribution in [1.82, 2.24) is 20.4 Å². The van der Waals surface area contributed by atoms with Crippen LogP contribution in [0.15, 0.2) is 48.6 Å². The zero-order valence-corrected chi connectivity index (χ0v) is 35.4. The van der Waals surface area contributed by atoms with Gasteiger partial charge in [0.25, 0.3) is 0 Å². The molecule has 0 aromatic rings. The van der Waals surface area contributed by atoms with Crippen molar-refractivity contribution < 1.29 is 0 Å². The van der Waals surface area contributed by atoms with Gasteiger partial charge in [-0.2, -0.15) is 0 Å². The second-order valence-electron chi connectivity index (χ2n) is 15.8. The van der Waals surface area contributed by atoms with Crippen LogP contribution in [0.25, 0.3) is 0 Å². The van der Waals surface area contributed by atoms with E-state index in [1.54, 1.807) is 0 Å². The monoisotopic (exact) mass is 725 g/mol. The Balaban J connectivity index is 1.74. The van der Waals surface area contributed by atoms with Gasteiger partial charge in [-0.25, -0.2) is 0 Å². The Morgan fingerprint density at radius 3 is 0.962 bits per heavy atom. The second-order valence-corrected chi connectivity index (χ2v) is 15.8. The highest BCUT2D eigenvalue weighted by Crippen LogP contribution is 2.10. The van der Waals surface area contributed by atoms with Gasteiger partial charge in [-0.3, -0.25) is 0 Å². The molecule has 0 unspecified atom stereocenters. The summed E-state index contributed by atoms with van der Waals surface area (Å²) in [6.07, 6.45) is 56.2. The summed E-state index contributed by atoms with van der Waals surface area (Å²) in [5.74, 6) is 0. The molecule has 0 saturated carbocycles. The molecule has 1 heterocycles. The fraction of sp³-hybridized carbons (Fsp3) is 0.833. The molecule has 0 atom stereocenters. The van der Waals surface area contributed by atoms with Crippen molar-refractivity contribution in [3.63, 3.8) is 0 Å². The van der Waals surface area contributed by atoms with Gasteiger partial charge in [0.2, 0.25) is 0 Å². The number of hydrogen-bond donors (Lipinski definition) is 2. The first-order chi connectivity index (χ1) is 25.9. The third-order valence-electron chi connectivity index (χ3n) is 10.7. The molecule has 0 amide bonds. The molecule has 1 saturated heterocycles. The predicted octanol–water partition coefficient (Wildman–Crippen LogP) is 13.0. The molecule has 0 aromatic heterocycles. The Bertz CT molecular complexity index is 728. The van der Waals surface area contributed by atoms with Gasteiger partial charge in [0.1, 0.15) is 0 Å². The van der Waals surface area contributed by atoms with Crippen molar-refractivity contribution in [2.75, 3.05) is 65.4 Å². The van der Waals surface area contributed by atoms with Crippen LogP contribution in [-0.2, 0) is 0 Å². The predicted molar refractivity (Wildman–Crippen MR) is 236 cm³/mol. The normalized spacial score (nSPS) is 14.8. The van der Waals surface area contributed by atoms with Crippen molar-refractivity contribution in [3.05, 3.63) is 48.6 Å². The number of allylic oxidation sites excluding steroid dienone is 8. The Labute approximate surface area is 327 Å². The molecule has 2 N–H and O–H groups in total. The second kappa shape index (κ2) is 42.5.